The zero-order valence-electron chi connectivity index (χ0n) is 13.3. The molecule has 120 valence electrons. The maximum atomic E-state index is 12.5. The fraction of sp³-hybridized carbons (Fsp3) is 0.211. The number of amides is 1. The van der Waals surface area contributed by atoms with Gasteiger partial charge in [-0.2, -0.15) is 0 Å². The zero-order valence-corrected chi connectivity index (χ0v) is 14.1. The van der Waals surface area contributed by atoms with E-state index in [0.29, 0.717) is 13.0 Å². The molecule has 0 spiro atoms. The Hall–Kier alpha value is -2.20. The third-order valence-corrected chi connectivity index (χ3v) is 4.34. The summed E-state index contributed by atoms with van der Waals surface area (Å²) in [6, 6.07) is 17.6. The smallest absolute Gasteiger partial charge is 0.228 e. The van der Waals surface area contributed by atoms with Crippen LogP contribution in [0.3, 0.4) is 0 Å². The summed E-state index contributed by atoms with van der Waals surface area (Å²) in [4.78, 5) is 15.4. The lowest BCUT2D eigenvalue weighted by molar-refractivity contribution is -0.118. The lowest BCUT2D eigenvalue weighted by atomic mass is 10.2. The molecule has 2 aromatic carbocycles. The van der Waals surface area contributed by atoms with E-state index >= 15 is 0 Å². The van der Waals surface area contributed by atoms with Crippen LogP contribution < -0.4 is 9.64 Å². The Morgan fingerprint density at radius 1 is 1.17 bits per heavy atom. The van der Waals surface area contributed by atoms with E-state index < -0.39 is 0 Å². The van der Waals surface area contributed by atoms with Crippen LogP contribution in [0.15, 0.2) is 72.1 Å². The molecule has 0 aliphatic rings. The average molecular weight is 327 g/mol. The number of thioether (sulfide) groups is 1. The predicted octanol–water partition coefficient (Wildman–Crippen LogP) is 4.40. The van der Waals surface area contributed by atoms with Crippen LogP contribution in [0.25, 0.3) is 0 Å². The quantitative estimate of drug-likeness (QED) is 0.532. The second-order valence-electron chi connectivity index (χ2n) is 4.90. The first kappa shape index (κ1) is 17.2. The van der Waals surface area contributed by atoms with Gasteiger partial charge in [0.2, 0.25) is 5.91 Å². The zero-order chi connectivity index (χ0) is 16.5. The van der Waals surface area contributed by atoms with E-state index in [0.717, 1.165) is 22.1 Å². The number of hydrogen-bond acceptors (Lipinski definition) is 3. The van der Waals surface area contributed by atoms with Crippen molar-refractivity contribution in [3.63, 3.8) is 0 Å². The van der Waals surface area contributed by atoms with Crippen molar-refractivity contribution in [1.82, 2.24) is 0 Å². The van der Waals surface area contributed by atoms with Crippen LogP contribution in [-0.4, -0.2) is 25.3 Å². The molecule has 0 radical (unpaired) electrons. The van der Waals surface area contributed by atoms with Crippen molar-refractivity contribution in [2.75, 3.05) is 24.3 Å². The number of carbonyl (C=O) groups is 1. The summed E-state index contributed by atoms with van der Waals surface area (Å²) in [5.41, 5.74) is 0.909. The summed E-state index contributed by atoms with van der Waals surface area (Å²) in [5.74, 6) is 1.69. The molecule has 0 bridgehead atoms. The predicted molar refractivity (Wildman–Crippen MR) is 97.3 cm³/mol. The maximum Gasteiger partial charge on any atom is 0.228 e. The molecule has 0 fully saturated rings. The van der Waals surface area contributed by atoms with E-state index in [-0.39, 0.29) is 5.91 Å². The maximum absolute atomic E-state index is 12.5. The molecule has 0 saturated carbocycles. The van der Waals surface area contributed by atoms with Gasteiger partial charge >= 0.3 is 0 Å². The average Bonchev–Trinajstić information content (AvgIpc) is 2.61. The van der Waals surface area contributed by atoms with Crippen LogP contribution in [0.1, 0.15) is 6.42 Å². The van der Waals surface area contributed by atoms with Crippen molar-refractivity contribution >= 4 is 23.4 Å². The molecule has 0 atom stereocenters. The Kier molecular flexibility index (Phi) is 6.76. The summed E-state index contributed by atoms with van der Waals surface area (Å²) in [7, 11) is 1.65. The highest BCUT2D eigenvalue weighted by Gasteiger charge is 2.13. The highest BCUT2D eigenvalue weighted by Crippen LogP contribution is 2.23. The topological polar surface area (TPSA) is 29.5 Å². The summed E-state index contributed by atoms with van der Waals surface area (Å²) < 4.78 is 5.14. The van der Waals surface area contributed by atoms with Crippen molar-refractivity contribution in [2.45, 2.75) is 11.3 Å². The number of ether oxygens (including phenoxy) is 1. The highest BCUT2D eigenvalue weighted by molar-refractivity contribution is 7.99. The monoisotopic (exact) mass is 327 g/mol. The van der Waals surface area contributed by atoms with E-state index in [4.69, 9.17) is 4.74 Å². The second kappa shape index (κ2) is 9.06. The first-order chi connectivity index (χ1) is 11.2. The minimum atomic E-state index is 0.108. The van der Waals surface area contributed by atoms with Gasteiger partial charge in [-0.1, -0.05) is 24.3 Å². The van der Waals surface area contributed by atoms with Crippen molar-refractivity contribution in [3.8, 4) is 5.75 Å². The number of benzene rings is 2. The van der Waals surface area contributed by atoms with E-state index in [9.17, 15) is 4.79 Å². The van der Waals surface area contributed by atoms with Gasteiger partial charge in [-0.05, 0) is 36.4 Å². The molecule has 0 saturated heterocycles. The lowest BCUT2D eigenvalue weighted by Gasteiger charge is -2.21. The van der Waals surface area contributed by atoms with Crippen LogP contribution in [0, 0.1) is 0 Å². The molecule has 0 unspecified atom stereocenters. The first-order valence-corrected chi connectivity index (χ1v) is 8.46. The second-order valence-corrected chi connectivity index (χ2v) is 6.07. The molecule has 4 heteroatoms. The van der Waals surface area contributed by atoms with Crippen molar-refractivity contribution in [2.24, 2.45) is 0 Å². The molecule has 0 N–H and O–H groups in total. The molecular formula is C19H21NO2S. The first-order valence-electron chi connectivity index (χ1n) is 7.47. The number of rotatable bonds is 8. The van der Waals surface area contributed by atoms with Crippen LogP contribution in [0.4, 0.5) is 5.69 Å². The molecule has 0 aromatic heterocycles. The van der Waals surface area contributed by atoms with Gasteiger partial charge in [-0.25, -0.2) is 0 Å². The molecule has 3 nitrogen and oxygen atoms in total. The summed E-state index contributed by atoms with van der Waals surface area (Å²) in [6.45, 7) is 4.27. The Balaban J connectivity index is 1.90. The van der Waals surface area contributed by atoms with Crippen LogP contribution in [0.5, 0.6) is 5.75 Å². The summed E-state index contributed by atoms with van der Waals surface area (Å²) in [5, 5.41) is 0. The number of nitrogens with zero attached hydrogens (tertiary/aromatic N) is 1. The molecule has 1 amide bonds. The van der Waals surface area contributed by atoms with Crippen molar-refractivity contribution in [1.29, 1.82) is 0 Å². The SMILES string of the molecule is C=CCN(C(=O)CCSc1ccc(OC)cc1)c1ccccc1. The van der Waals surface area contributed by atoms with E-state index in [2.05, 4.69) is 6.58 Å². The number of hydrogen-bond donors (Lipinski definition) is 0. The van der Waals surface area contributed by atoms with Crippen LogP contribution in [0.2, 0.25) is 0 Å². The fourth-order valence-electron chi connectivity index (χ4n) is 2.15. The van der Waals surface area contributed by atoms with Gasteiger partial charge in [0, 0.05) is 29.3 Å². The van der Waals surface area contributed by atoms with Gasteiger partial charge in [0.25, 0.3) is 0 Å². The number of anilines is 1. The van der Waals surface area contributed by atoms with E-state index in [1.54, 1.807) is 29.8 Å². The van der Waals surface area contributed by atoms with Gasteiger partial charge < -0.3 is 9.64 Å². The molecular weight excluding hydrogens is 306 g/mol. The van der Waals surface area contributed by atoms with E-state index in [1.807, 2.05) is 54.6 Å². The van der Waals surface area contributed by atoms with Gasteiger partial charge in [-0.15, -0.1) is 18.3 Å². The Labute approximate surface area is 142 Å². The normalized spacial score (nSPS) is 10.1. The third kappa shape index (κ3) is 5.18. The van der Waals surface area contributed by atoms with Gasteiger partial charge in [0.15, 0.2) is 0 Å². The number of carbonyl (C=O) groups excluding carboxylic acids is 1. The van der Waals surface area contributed by atoms with Gasteiger partial charge in [0.05, 0.1) is 7.11 Å². The highest BCUT2D eigenvalue weighted by atomic mass is 32.2. The molecule has 0 aliphatic carbocycles. The standard InChI is InChI=1S/C19H21NO2S/c1-3-14-20(16-7-5-4-6-8-16)19(21)13-15-23-18-11-9-17(22-2)10-12-18/h3-12H,1,13-15H2,2H3. The summed E-state index contributed by atoms with van der Waals surface area (Å²) in [6.07, 6.45) is 2.24. The number of para-hydroxylation sites is 1. The Morgan fingerprint density at radius 2 is 1.87 bits per heavy atom. The Bertz CT molecular complexity index is 626. The molecule has 0 heterocycles. The summed E-state index contributed by atoms with van der Waals surface area (Å²) >= 11 is 1.67. The molecule has 2 aromatic rings. The van der Waals surface area contributed by atoms with Crippen molar-refractivity contribution in [3.05, 3.63) is 67.3 Å². The fourth-order valence-corrected chi connectivity index (χ4v) is 2.99. The van der Waals surface area contributed by atoms with E-state index in [1.165, 1.54) is 0 Å². The third-order valence-electron chi connectivity index (χ3n) is 3.32. The molecule has 23 heavy (non-hydrogen) atoms. The minimum Gasteiger partial charge on any atom is -0.497 e. The lowest BCUT2D eigenvalue weighted by Crippen LogP contribution is -2.31. The largest absolute Gasteiger partial charge is 0.497 e. The van der Waals surface area contributed by atoms with Crippen LogP contribution in [-0.2, 0) is 4.79 Å². The number of methoxy groups -OCH3 is 1. The minimum absolute atomic E-state index is 0.108. The van der Waals surface area contributed by atoms with Crippen LogP contribution >= 0.6 is 11.8 Å². The Morgan fingerprint density at radius 3 is 2.48 bits per heavy atom. The van der Waals surface area contributed by atoms with Gasteiger partial charge in [-0.3, -0.25) is 4.79 Å². The molecule has 0 aliphatic heterocycles. The van der Waals surface area contributed by atoms with Gasteiger partial charge in [0.1, 0.15) is 5.75 Å². The molecule has 2 rings (SSSR count). The van der Waals surface area contributed by atoms with Crippen molar-refractivity contribution < 1.29 is 9.53 Å².